The average Bonchev–Trinajstić information content (AvgIpc) is 3.11. The van der Waals surface area contributed by atoms with Gasteiger partial charge in [-0.15, -0.1) is 0 Å². The van der Waals surface area contributed by atoms with Crippen LogP contribution in [0.2, 0.25) is 0 Å². The molecule has 10 heteroatoms. The molecule has 0 aliphatic heterocycles. The summed E-state index contributed by atoms with van der Waals surface area (Å²) in [5, 5.41) is 2.71. The van der Waals surface area contributed by atoms with E-state index in [2.05, 4.69) is 10.0 Å². The molecule has 0 bridgehead atoms. The number of benzene rings is 2. The number of carbonyl (C=O) groups excluding carboxylic acids is 2. The molecule has 0 atom stereocenters. The summed E-state index contributed by atoms with van der Waals surface area (Å²) in [6.45, 7) is 0. The van der Waals surface area contributed by atoms with E-state index in [1.54, 1.807) is 36.4 Å². The number of hydrogen-bond donors (Lipinski definition) is 3. The maximum absolute atomic E-state index is 12.8. The van der Waals surface area contributed by atoms with Gasteiger partial charge in [0.25, 0.3) is 21.8 Å². The Morgan fingerprint density at radius 3 is 2.47 bits per heavy atom. The lowest BCUT2D eigenvalue weighted by Gasteiger charge is -2.12. The summed E-state index contributed by atoms with van der Waals surface area (Å²) in [4.78, 5) is 24.0. The van der Waals surface area contributed by atoms with Gasteiger partial charge in [0.2, 0.25) is 0 Å². The number of aromatic nitrogens is 1. The lowest BCUT2D eigenvalue weighted by atomic mass is 10.1. The summed E-state index contributed by atoms with van der Waals surface area (Å²) < 4.78 is 34.4. The number of amides is 2. The zero-order chi connectivity index (χ0) is 21.9. The smallest absolute Gasteiger partial charge is 0.265 e. The quantitative estimate of drug-likeness (QED) is 0.531. The maximum atomic E-state index is 12.8. The zero-order valence-electron chi connectivity index (χ0n) is 16.2. The van der Waals surface area contributed by atoms with Crippen molar-refractivity contribution in [3.63, 3.8) is 0 Å². The Hall–Kier alpha value is -3.79. The van der Waals surface area contributed by atoms with Crippen LogP contribution in [0, 0.1) is 0 Å². The normalized spacial score (nSPS) is 11.0. The molecule has 9 nitrogen and oxygen atoms in total. The molecular formula is C20H20N4O5S. The highest BCUT2D eigenvalue weighted by Gasteiger charge is 2.22. The Labute approximate surface area is 173 Å². The number of anilines is 2. The monoisotopic (exact) mass is 428 g/mol. The molecule has 0 aliphatic carbocycles. The van der Waals surface area contributed by atoms with E-state index >= 15 is 0 Å². The predicted octanol–water partition coefficient (Wildman–Crippen LogP) is 2.19. The molecule has 156 valence electrons. The number of carbonyl (C=O) groups is 2. The van der Waals surface area contributed by atoms with E-state index in [-0.39, 0.29) is 21.8 Å². The van der Waals surface area contributed by atoms with Crippen molar-refractivity contribution in [2.75, 3.05) is 17.1 Å². The first-order chi connectivity index (χ1) is 14.2. The van der Waals surface area contributed by atoms with Crippen LogP contribution < -0.4 is 20.5 Å². The number of nitrogens with zero attached hydrogens (tertiary/aromatic N) is 1. The second kappa shape index (κ2) is 8.29. The number of rotatable bonds is 7. The number of methoxy groups -OCH3 is 1. The number of nitrogens with one attached hydrogen (secondary N) is 2. The van der Waals surface area contributed by atoms with Crippen LogP contribution in [0.3, 0.4) is 0 Å². The van der Waals surface area contributed by atoms with Gasteiger partial charge in [0.05, 0.1) is 18.4 Å². The van der Waals surface area contributed by atoms with E-state index in [9.17, 15) is 18.0 Å². The second-order valence-electron chi connectivity index (χ2n) is 6.37. The minimum absolute atomic E-state index is 0.0411. The fourth-order valence-electron chi connectivity index (χ4n) is 2.80. The van der Waals surface area contributed by atoms with Crippen molar-refractivity contribution in [2.24, 2.45) is 12.8 Å². The molecule has 0 saturated heterocycles. The molecule has 3 rings (SSSR count). The molecule has 3 aromatic rings. The van der Waals surface area contributed by atoms with Gasteiger partial charge in [-0.25, -0.2) is 8.42 Å². The van der Waals surface area contributed by atoms with Crippen molar-refractivity contribution < 1.29 is 22.7 Å². The van der Waals surface area contributed by atoms with Crippen LogP contribution in [-0.4, -0.2) is 31.9 Å². The third-order valence-corrected chi connectivity index (χ3v) is 5.62. The summed E-state index contributed by atoms with van der Waals surface area (Å²) in [5.41, 5.74) is 5.98. The standard InChI is InChI=1S/C20H20N4O5S/c1-24-12-15(11-18(24)19(21)25)30(27,28)23-17-9-4-3-8-16(17)20(26)22-13-6-5-7-14(10-13)29-2/h3-12,23H,1-2H3,(H2,21,25)(H,22,26). The molecular weight excluding hydrogens is 408 g/mol. The molecule has 2 amide bonds. The lowest BCUT2D eigenvalue weighted by Crippen LogP contribution is -2.18. The molecule has 0 aliphatic rings. The average molecular weight is 428 g/mol. The van der Waals surface area contributed by atoms with Gasteiger partial charge in [0, 0.05) is 25.0 Å². The van der Waals surface area contributed by atoms with Crippen molar-refractivity contribution in [3.05, 3.63) is 72.1 Å². The van der Waals surface area contributed by atoms with Gasteiger partial charge in [-0.05, 0) is 30.3 Å². The molecule has 1 heterocycles. The van der Waals surface area contributed by atoms with Crippen LogP contribution in [0.25, 0.3) is 0 Å². The van der Waals surface area contributed by atoms with Gasteiger partial charge < -0.3 is 20.4 Å². The van der Waals surface area contributed by atoms with Gasteiger partial charge in [-0.3, -0.25) is 14.3 Å². The molecule has 2 aromatic carbocycles. The number of ether oxygens (including phenoxy) is 1. The first-order valence-electron chi connectivity index (χ1n) is 8.74. The van der Waals surface area contributed by atoms with Crippen LogP contribution >= 0.6 is 0 Å². The summed E-state index contributed by atoms with van der Waals surface area (Å²) in [6, 6.07) is 14.1. The fraction of sp³-hybridized carbons (Fsp3) is 0.100. The zero-order valence-corrected chi connectivity index (χ0v) is 17.1. The van der Waals surface area contributed by atoms with E-state index in [0.717, 1.165) is 0 Å². The maximum Gasteiger partial charge on any atom is 0.265 e. The van der Waals surface area contributed by atoms with E-state index in [1.165, 1.54) is 43.1 Å². The largest absolute Gasteiger partial charge is 0.497 e. The third kappa shape index (κ3) is 4.44. The topological polar surface area (TPSA) is 133 Å². The highest BCUT2D eigenvalue weighted by molar-refractivity contribution is 7.92. The van der Waals surface area contributed by atoms with Crippen molar-refractivity contribution in [1.29, 1.82) is 0 Å². The van der Waals surface area contributed by atoms with Crippen molar-refractivity contribution >= 4 is 33.2 Å². The number of nitrogens with two attached hydrogens (primary N) is 1. The molecule has 0 unspecified atom stereocenters. The van der Waals surface area contributed by atoms with E-state index in [1.807, 2.05) is 0 Å². The molecule has 0 radical (unpaired) electrons. The summed E-state index contributed by atoms with van der Waals surface area (Å²) in [6.07, 6.45) is 1.27. The SMILES string of the molecule is COc1cccc(NC(=O)c2ccccc2NS(=O)(=O)c2cc(C(N)=O)n(C)c2)c1. The van der Waals surface area contributed by atoms with Crippen LogP contribution in [0.4, 0.5) is 11.4 Å². The van der Waals surface area contributed by atoms with E-state index < -0.39 is 21.8 Å². The van der Waals surface area contributed by atoms with Crippen LogP contribution in [-0.2, 0) is 17.1 Å². The Morgan fingerprint density at radius 1 is 1.07 bits per heavy atom. The number of primary amides is 1. The molecule has 30 heavy (non-hydrogen) atoms. The fourth-order valence-corrected chi connectivity index (χ4v) is 3.95. The number of sulfonamides is 1. The highest BCUT2D eigenvalue weighted by Crippen LogP contribution is 2.23. The van der Waals surface area contributed by atoms with Gasteiger partial charge in [0.15, 0.2) is 0 Å². The lowest BCUT2D eigenvalue weighted by molar-refractivity contribution is 0.0990. The van der Waals surface area contributed by atoms with Gasteiger partial charge in [0.1, 0.15) is 16.3 Å². The Morgan fingerprint density at radius 2 is 1.80 bits per heavy atom. The number of hydrogen-bond acceptors (Lipinski definition) is 5. The predicted molar refractivity (Wildman–Crippen MR) is 112 cm³/mol. The van der Waals surface area contributed by atoms with Crippen LogP contribution in [0.1, 0.15) is 20.8 Å². The number of para-hydroxylation sites is 1. The van der Waals surface area contributed by atoms with Crippen molar-refractivity contribution in [3.8, 4) is 5.75 Å². The minimum atomic E-state index is -4.07. The molecule has 0 saturated carbocycles. The van der Waals surface area contributed by atoms with Crippen LogP contribution in [0.5, 0.6) is 5.75 Å². The van der Waals surface area contributed by atoms with Crippen molar-refractivity contribution in [2.45, 2.75) is 4.90 Å². The molecule has 0 spiro atoms. The Balaban J connectivity index is 1.88. The summed E-state index contributed by atoms with van der Waals surface area (Å²) in [7, 11) is -1.05. The number of aryl methyl sites for hydroxylation is 1. The first kappa shape index (κ1) is 20.9. The highest BCUT2D eigenvalue weighted by atomic mass is 32.2. The Bertz CT molecular complexity index is 1220. The molecule has 0 fully saturated rings. The molecule has 4 N–H and O–H groups in total. The van der Waals surface area contributed by atoms with Gasteiger partial charge >= 0.3 is 0 Å². The van der Waals surface area contributed by atoms with Gasteiger partial charge in [-0.2, -0.15) is 0 Å². The third-order valence-electron chi connectivity index (χ3n) is 4.29. The van der Waals surface area contributed by atoms with Crippen molar-refractivity contribution in [1.82, 2.24) is 4.57 Å². The Kier molecular flexibility index (Phi) is 5.79. The second-order valence-corrected chi connectivity index (χ2v) is 8.06. The minimum Gasteiger partial charge on any atom is -0.497 e. The van der Waals surface area contributed by atoms with Gasteiger partial charge in [-0.1, -0.05) is 18.2 Å². The van der Waals surface area contributed by atoms with E-state index in [4.69, 9.17) is 10.5 Å². The summed E-state index contributed by atoms with van der Waals surface area (Å²) in [5.74, 6) is -0.694. The van der Waals surface area contributed by atoms with Crippen LogP contribution in [0.15, 0.2) is 65.7 Å². The summed E-state index contributed by atoms with van der Waals surface area (Å²) >= 11 is 0. The molecule has 1 aromatic heterocycles. The first-order valence-corrected chi connectivity index (χ1v) is 10.2. The van der Waals surface area contributed by atoms with E-state index in [0.29, 0.717) is 11.4 Å².